The van der Waals surface area contributed by atoms with Gasteiger partial charge < -0.3 is 0 Å². The van der Waals surface area contributed by atoms with Crippen molar-refractivity contribution in [3.63, 3.8) is 0 Å². The molecule has 0 spiro atoms. The van der Waals surface area contributed by atoms with Crippen molar-refractivity contribution < 1.29 is 5.11 Å². The Morgan fingerprint density at radius 3 is 2.60 bits per heavy atom. The Hall–Kier alpha value is -0.300. The first-order valence-corrected chi connectivity index (χ1v) is 4.05. The number of hydrogen-bond donors (Lipinski definition) is 0. The molecule has 0 rings (SSSR count). The third-order valence-electron chi connectivity index (χ3n) is 1.53. The molecule has 0 saturated heterocycles. The molecule has 0 fully saturated rings. The molecule has 0 amide bonds. The molecule has 0 saturated carbocycles. The summed E-state index contributed by atoms with van der Waals surface area (Å²) in [5.41, 5.74) is 0.983. The summed E-state index contributed by atoms with van der Waals surface area (Å²) in [6.45, 7) is 4.05. The third-order valence-corrected chi connectivity index (χ3v) is 1.53. The van der Waals surface area contributed by atoms with Crippen LogP contribution in [0.1, 0.15) is 39.5 Å². The highest BCUT2D eigenvalue weighted by atomic mass is 16.3. The van der Waals surface area contributed by atoms with E-state index in [1.54, 1.807) is 0 Å². The molecule has 0 aliphatic carbocycles. The zero-order valence-corrected chi connectivity index (χ0v) is 7.02. The van der Waals surface area contributed by atoms with Crippen molar-refractivity contribution in [1.82, 2.24) is 0 Å². The molecule has 10 heavy (non-hydrogen) atoms. The van der Waals surface area contributed by atoms with Crippen LogP contribution >= 0.6 is 0 Å². The molecule has 0 aliphatic heterocycles. The molecule has 59 valence electrons. The molecule has 1 heteroatoms. The lowest BCUT2D eigenvalue weighted by atomic mass is 10.1. The second kappa shape index (κ2) is 6.81. The highest BCUT2D eigenvalue weighted by Gasteiger charge is 1.86. The fourth-order valence-electron chi connectivity index (χ4n) is 0.802. The predicted molar refractivity (Wildman–Crippen MR) is 43.5 cm³/mol. The number of hydrogen-bond acceptors (Lipinski definition) is 0. The van der Waals surface area contributed by atoms with Crippen LogP contribution in [0.4, 0.5) is 0 Å². The molecule has 0 bridgehead atoms. The van der Waals surface area contributed by atoms with E-state index in [2.05, 4.69) is 13.0 Å². The maximum atomic E-state index is 10.2. The zero-order valence-electron chi connectivity index (χ0n) is 7.02. The van der Waals surface area contributed by atoms with Gasteiger partial charge in [-0.05, 0) is 25.3 Å². The van der Waals surface area contributed by atoms with Crippen LogP contribution in [0.25, 0.3) is 0 Å². The van der Waals surface area contributed by atoms with Crippen LogP contribution < -0.4 is 0 Å². The second-order valence-electron chi connectivity index (χ2n) is 2.69. The van der Waals surface area contributed by atoms with Crippen molar-refractivity contribution in [2.75, 3.05) is 6.61 Å². The molecule has 0 aliphatic rings. The molecule has 0 unspecified atom stereocenters. The van der Waals surface area contributed by atoms with Gasteiger partial charge in [0.1, 0.15) is 6.61 Å². The summed E-state index contributed by atoms with van der Waals surface area (Å²) in [6.07, 6.45) is 6.91. The topological polar surface area (TPSA) is 19.9 Å². The van der Waals surface area contributed by atoms with E-state index in [4.69, 9.17) is 0 Å². The van der Waals surface area contributed by atoms with Crippen molar-refractivity contribution in [1.29, 1.82) is 0 Å². The first kappa shape index (κ1) is 9.70. The predicted octanol–water partition coefficient (Wildman–Crippen LogP) is 2.94. The first-order valence-electron chi connectivity index (χ1n) is 4.05. The van der Waals surface area contributed by atoms with E-state index >= 15 is 0 Å². The van der Waals surface area contributed by atoms with Crippen molar-refractivity contribution >= 4 is 0 Å². The van der Waals surface area contributed by atoms with Crippen LogP contribution in [0.3, 0.4) is 0 Å². The van der Waals surface area contributed by atoms with Gasteiger partial charge in [-0.1, -0.05) is 25.8 Å². The lowest BCUT2D eigenvalue weighted by molar-refractivity contribution is 0.223. The van der Waals surface area contributed by atoms with E-state index in [-0.39, 0.29) is 6.61 Å². The monoisotopic (exact) mass is 141 g/mol. The normalized spacial score (nSPS) is 12.1. The van der Waals surface area contributed by atoms with E-state index in [0.29, 0.717) is 0 Å². The maximum absolute atomic E-state index is 10.2. The average Bonchev–Trinajstić information content (AvgIpc) is 1.98. The summed E-state index contributed by atoms with van der Waals surface area (Å²) >= 11 is 0. The van der Waals surface area contributed by atoms with E-state index in [0.717, 1.165) is 12.0 Å². The van der Waals surface area contributed by atoms with Gasteiger partial charge in [0, 0.05) is 0 Å². The summed E-state index contributed by atoms with van der Waals surface area (Å²) in [5, 5.41) is 10.2. The Balaban J connectivity index is 3.16. The van der Waals surface area contributed by atoms with Gasteiger partial charge in [0.25, 0.3) is 0 Å². The summed E-state index contributed by atoms with van der Waals surface area (Å²) in [6, 6.07) is 0. The van der Waals surface area contributed by atoms with Crippen molar-refractivity contribution in [2.24, 2.45) is 0 Å². The van der Waals surface area contributed by atoms with E-state index in [9.17, 15) is 5.11 Å². The number of allylic oxidation sites excluding steroid dienone is 1. The molecule has 0 aromatic rings. The lowest BCUT2D eigenvalue weighted by Gasteiger charge is -1.93. The molecule has 0 aromatic carbocycles. The van der Waals surface area contributed by atoms with Gasteiger partial charge >= 0.3 is 0 Å². The maximum Gasteiger partial charge on any atom is 0.103 e. The van der Waals surface area contributed by atoms with E-state index in [1.807, 2.05) is 6.92 Å². The van der Waals surface area contributed by atoms with Gasteiger partial charge in [0.05, 0.1) is 0 Å². The molecular weight excluding hydrogens is 124 g/mol. The number of rotatable bonds is 5. The van der Waals surface area contributed by atoms with Gasteiger partial charge in [-0.3, -0.25) is 0 Å². The van der Waals surface area contributed by atoms with Gasteiger partial charge in [0.2, 0.25) is 0 Å². The Morgan fingerprint density at radius 2 is 2.10 bits per heavy atom. The third kappa shape index (κ3) is 5.83. The minimum absolute atomic E-state index is 0.0356. The van der Waals surface area contributed by atoms with Crippen LogP contribution in [-0.2, 0) is 5.11 Å². The smallest absolute Gasteiger partial charge is 0.103 e. The summed E-state index contributed by atoms with van der Waals surface area (Å²) < 4.78 is 0. The first-order chi connectivity index (χ1) is 4.81. The van der Waals surface area contributed by atoms with Crippen molar-refractivity contribution in [2.45, 2.75) is 39.5 Å². The summed E-state index contributed by atoms with van der Waals surface area (Å²) in [7, 11) is 0. The molecule has 0 heterocycles. The SMILES string of the molecule is CCCCC/C=C(\C)C[O]. The number of unbranched alkanes of at least 4 members (excludes halogenated alkanes) is 3. The van der Waals surface area contributed by atoms with Crippen LogP contribution in [0.15, 0.2) is 11.6 Å². The fourth-order valence-corrected chi connectivity index (χ4v) is 0.802. The molecule has 0 aromatic heterocycles. The zero-order chi connectivity index (χ0) is 7.82. The fraction of sp³-hybridized carbons (Fsp3) is 0.778. The minimum atomic E-state index is -0.0356. The Kier molecular flexibility index (Phi) is 6.61. The molecular formula is C9H17O. The Bertz CT molecular complexity index is 94.9. The standard InChI is InChI=1S/C9H17O/c1-3-4-5-6-7-9(2)8-10/h7H,3-6,8H2,1-2H3/b9-7+. The largest absolute Gasteiger partial charge is 0.232 e. The van der Waals surface area contributed by atoms with E-state index < -0.39 is 0 Å². The van der Waals surface area contributed by atoms with Gasteiger partial charge in [-0.2, -0.15) is 0 Å². The quantitative estimate of drug-likeness (QED) is 0.414. The lowest BCUT2D eigenvalue weighted by Crippen LogP contribution is -1.81. The summed E-state index contributed by atoms with van der Waals surface area (Å²) in [4.78, 5) is 0. The molecule has 1 nitrogen and oxygen atoms in total. The average molecular weight is 141 g/mol. The Labute approximate surface area is 63.8 Å². The van der Waals surface area contributed by atoms with Crippen LogP contribution in [0, 0.1) is 0 Å². The summed E-state index contributed by atoms with van der Waals surface area (Å²) in [5.74, 6) is 0. The minimum Gasteiger partial charge on any atom is -0.232 e. The van der Waals surface area contributed by atoms with Crippen molar-refractivity contribution in [3.8, 4) is 0 Å². The van der Waals surface area contributed by atoms with Gasteiger partial charge in [-0.25, -0.2) is 5.11 Å². The second-order valence-corrected chi connectivity index (χ2v) is 2.69. The van der Waals surface area contributed by atoms with E-state index in [1.165, 1.54) is 19.3 Å². The molecule has 0 N–H and O–H groups in total. The highest BCUT2D eigenvalue weighted by Crippen LogP contribution is 2.02. The van der Waals surface area contributed by atoms with Crippen LogP contribution in [0.2, 0.25) is 0 Å². The highest BCUT2D eigenvalue weighted by molar-refractivity contribution is 4.96. The molecule has 0 atom stereocenters. The van der Waals surface area contributed by atoms with Crippen LogP contribution in [-0.4, -0.2) is 6.61 Å². The van der Waals surface area contributed by atoms with Gasteiger partial charge in [-0.15, -0.1) is 0 Å². The van der Waals surface area contributed by atoms with Gasteiger partial charge in [0.15, 0.2) is 0 Å². The molecule has 1 radical (unpaired) electrons. The van der Waals surface area contributed by atoms with Crippen molar-refractivity contribution in [3.05, 3.63) is 11.6 Å². The Morgan fingerprint density at radius 1 is 1.40 bits per heavy atom. The van der Waals surface area contributed by atoms with Crippen LogP contribution in [0.5, 0.6) is 0 Å².